The van der Waals surface area contributed by atoms with Crippen molar-refractivity contribution in [2.45, 2.75) is 51.2 Å². The molecule has 9 heteroatoms. The third-order valence-corrected chi connectivity index (χ3v) is 5.23. The molecule has 0 unspecified atom stereocenters. The highest BCUT2D eigenvalue weighted by Gasteiger charge is 2.25. The van der Waals surface area contributed by atoms with E-state index in [9.17, 15) is 0 Å². The molecule has 8 nitrogen and oxygen atoms in total. The SMILES string of the molecule is COC1CCC(n2nc(OCCCNc3[nH]ncc3Cl)c(N)c2C)CC1. The first-order valence-corrected chi connectivity index (χ1v) is 9.40. The number of ether oxygens (including phenoxy) is 2. The van der Waals surface area contributed by atoms with Crippen LogP contribution < -0.4 is 15.8 Å². The van der Waals surface area contributed by atoms with Crippen molar-refractivity contribution >= 4 is 23.1 Å². The molecule has 0 aliphatic heterocycles. The fraction of sp³-hybridized carbons (Fsp3) is 0.647. The first-order valence-electron chi connectivity index (χ1n) is 9.03. The number of methoxy groups -OCH3 is 1. The van der Waals surface area contributed by atoms with E-state index in [4.69, 9.17) is 26.8 Å². The number of rotatable bonds is 8. The fourth-order valence-electron chi connectivity index (χ4n) is 3.34. The molecule has 3 rings (SSSR count). The van der Waals surface area contributed by atoms with Crippen molar-refractivity contribution in [3.05, 3.63) is 16.9 Å². The zero-order chi connectivity index (χ0) is 18.5. The topological polar surface area (TPSA) is 103 Å². The Labute approximate surface area is 158 Å². The third kappa shape index (κ3) is 4.24. The highest BCUT2D eigenvalue weighted by Crippen LogP contribution is 2.34. The Bertz CT molecular complexity index is 708. The lowest BCUT2D eigenvalue weighted by atomic mass is 9.93. The molecule has 0 radical (unpaired) electrons. The summed E-state index contributed by atoms with van der Waals surface area (Å²) in [5.41, 5.74) is 7.80. The Hall–Kier alpha value is -1.93. The minimum atomic E-state index is 0.366. The van der Waals surface area contributed by atoms with Crippen molar-refractivity contribution in [1.29, 1.82) is 0 Å². The van der Waals surface area contributed by atoms with E-state index in [1.54, 1.807) is 13.3 Å². The van der Waals surface area contributed by atoms with E-state index in [-0.39, 0.29) is 0 Å². The number of nitrogens with one attached hydrogen (secondary N) is 2. The maximum atomic E-state index is 6.20. The quantitative estimate of drug-likeness (QED) is 0.606. The molecule has 4 N–H and O–H groups in total. The zero-order valence-electron chi connectivity index (χ0n) is 15.3. The molecule has 0 atom stereocenters. The summed E-state index contributed by atoms with van der Waals surface area (Å²) in [4.78, 5) is 0. The van der Waals surface area contributed by atoms with Gasteiger partial charge in [0.05, 0.1) is 30.6 Å². The van der Waals surface area contributed by atoms with E-state index >= 15 is 0 Å². The van der Waals surface area contributed by atoms with Gasteiger partial charge in [0.25, 0.3) is 5.88 Å². The number of aromatic nitrogens is 4. The normalized spacial score (nSPS) is 20.3. The molecule has 2 heterocycles. The highest BCUT2D eigenvalue weighted by molar-refractivity contribution is 6.32. The molecule has 0 saturated heterocycles. The van der Waals surface area contributed by atoms with Crippen LogP contribution in [0, 0.1) is 6.92 Å². The second-order valence-electron chi connectivity index (χ2n) is 6.64. The average molecular weight is 383 g/mol. The minimum absolute atomic E-state index is 0.366. The van der Waals surface area contributed by atoms with Crippen LogP contribution in [0.15, 0.2) is 6.20 Å². The summed E-state index contributed by atoms with van der Waals surface area (Å²) in [6.45, 7) is 3.23. The number of nitrogens with two attached hydrogens (primary N) is 1. The summed E-state index contributed by atoms with van der Waals surface area (Å²) >= 11 is 5.96. The highest BCUT2D eigenvalue weighted by atomic mass is 35.5. The number of nitrogens with zero attached hydrogens (tertiary/aromatic N) is 3. The molecule has 0 spiro atoms. The number of H-pyrrole nitrogens is 1. The van der Waals surface area contributed by atoms with Gasteiger partial charge in [0.2, 0.25) is 0 Å². The lowest BCUT2D eigenvalue weighted by Crippen LogP contribution is -2.24. The van der Waals surface area contributed by atoms with Crippen molar-refractivity contribution in [1.82, 2.24) is 20.0 Å². The molecule has 0 amide bonds. The smallest absolute Gasteiger partial charge is 0.256 e. The largest absolute Gasteiger partial charge is 0.475 e. The summed E-state index contributed by atoms with van der Waals surface area (Å²) in [6.07, 6.45) is 6.93. The predicted octanol–water partition coefficient (Wildman–Crippen LogP) is 3.16. The molecule has 2 aromatic heterocycles. The van der Waals surface area contributed by atoms with E-state index in [1.165, 1.54) is 0 Å². The van der Waals surface area contributed by atoms with Gasteiger partial charge in [0.1, 0.15) is 16.5 Å². The molecule has 1 fully saturated rings. The van der Waals surface area contributed by atoms with Crippen LogP contribution in [0.3, 0.4) is 0 Å². The lowest BCUT2D eigenvalue weighted by molar-refractivity contribution is 0.0563. The van der Waals surface area contributed by atoms with Gasteiger partial charge in [-0.3, -0.25) is 9.78 Å². The van der Waals surface area contributed by atoms with Crippen molar-refractivity contribution in [2.75, 3.05) is 31.3 Å². The number of hydrogen-bond acceptors (Lipinski definition) is 6. The van der Waals surface area contributed by atoms with Gasteiger partial charge in [-0.2, -0.15) is 5.10 Å². The summed E-state index contributed by atoms with van der Waals surface area (Å²) in [6, 6.07) is 0.366. The van der Waals surface area contributed by atoms with E-state index < -0.39 is 0 Å². The van der Waals surface area contributed by atoms with Crippen LogP contribution in [0.2, 0.25) is 5.02 Å². The monoisotopic (exact) mass is 382 g/mol. The van der Waals surface area contributed by atoms with Crippen LogP contribution in [-0.4, -0.2) is 46.3 Å². The molecule has 2 aromatic rings. The van der Waals surface area contributed by atoms with E-state index in [0.29, 0.717) is 41.9 Å². The molecular formula is C17H27ClN6O2. The first kappa shape index (κ1) is 18.8. The minimum Gasteiger partial charge on any atom is -0.475 e. The van der Waals surface area contributed by atoms with Crippen molar-refractivity contribution < 1.29 is 9.47 Å². The number of hydrogen-bond donors (Lipinski definition) is 3. The molecule has 144 valence electrons. The first-order chi connectivity index (χ1) is 12.6. The van der Waals surface area contributed by atoms with Crippen molar-refractivity contribution in [2.24, 2.45) is 0 Å². The number of nitrogen functional groups attached to an aromatic ring is 1. The molecule has 26 heavy (non-hydrogen) atoms. The van der Waals surface area contributed by atoms with Gasteiger partial charge in [-0.05, 0) is 39.0 Å². The Balaban J connectivity index is 1.49. The summed E-state index contributed by atoms with van der Waals surface area (Å²) in [5.74, 6) is 1.24. The third-order valence-electron chi connectivity index (χ3n) is 4.94. The van der Waals surface area contributed by atoms with Crippen LogP contribution >= 0.6 is 11.6 Å². The second-order valence-corrected chi connectivity index (χ2v) is 7.04. The second kappa shape index (κ2) is 8.64. The van der Waals surface area contributed by atoms with Crippen LogP contribution in [0.1, 0.15) is 43.8 Å². The fourth-order valence-corrected chi connectivity index (χ4v) is 3.50. The Morgan fingerprint density at radius 2 is 2.15 bits per heavy atom. The number of aromatic amines is 1. The predicted molar refractivity (Wildman–Crippen MR) is 102 cm³/mol. The van der Waals surface area contributed by atoms with E-state index in [0.717, 1.165) is 43.6 Å². The molecule has 1 saturated carbocycles. The summed E-state index contributed by atoms with van der Waals surface area (Å²) in [5, 5.41) is 15.0. The van der Waals surface area contributed by atoms with Crippen LogP contribution in [-0.2, 0) is 4.74 Å². The van der Waals surface area contributed by atoms with Gasteiger partial charge in [0, 0.05) is 13.7 Å². The van der Waals surface area contributed by atoms with Gasteiger partial charge < -0.3 is 20.5 Å². The molecule has 0 aromatic carbocycles. The van der Waals surface area contributed by atoms with Gasteiger partial charge in [0.15, 0.2) is 0 Å². The summed E-state index contributed by atoms with van der Waals surface area (Å²) in [7, 11) is 1.78. The standard InChI is InChI=1S/C17H27ClN6O2/c1-11-15(19)17(23-24(11)12-4-6-13(25-2)7-5-12)26-9-3-8-20-16-14(18)10-21-22-16/h10,12-13H,3-9,19H2,1-2H3,(H2,20,21,22). The maximum absolute atomic E-state index is 6.20. The Morgan fingerprint density at radius 3 is 2.81 bits per heavy atom. The zero-order valence-corrected chi connectivity index (χ0v) is 16.1. The Kier molecular flexibility index (Phi) is 6.26. The van der Waals surface area contributed by atoms with Crippen molar-refractivity contribution in [3.8, 4) is 5.88 Å². The number of halogens is 1. The molecule has 1 aliphatic carbocycles. The van der Waals surface area contributed by atoms with E-state index in [1.807, 2.05) is 11.6 Å². The number of anilines is 2. The maximum Gasteiger partial charge on any atom is 0.256 e. The molecule has 1 aliphatic rings. The summed E-state index contributed by atoms with van der Waals surface area (Å²) < 4.78 is 13.3. The lowest BCUT2D eigenvalue weighted by Gasteiger charge is -2.28. The average Bonchev–Trinajstić information content (AvgIpc) is 3.19. The van der Waals surface area contributed by atoms with Gasteiger partial charge >= 0.3 is 0 Å². The van der Waals surface area contributed by atoms with Crippen LogP contribution in [0.5, 0.6) is 5.88 Å². The van der Waals surface area contributed by atoms with E-state index in [2.05, 4.69) is 20.6 Å². The molecule has 0 bridgehead atoms. The Morgan fingerprint density at radius 1 is 1.38 bits per heavy atom. The van der Waals surface area contributed by atoms with Crippen LogP contribution in [0.25, 0.3) is 0 Å². The van der Waals surface area contributed by atoms with Crippen LogP contribution in [0.4, 0.5) is 11.5 Å². The van der Waals surface area contributed by atoms with Gasteiger partial charge in [-0.1, -0.05) is 11.6 Å². The van der Waals surface area contributed by atoms with Gasteiger partial charge in [-0.25, -0.2) is 0 Å². The van der Waals surface area contributed by atoms with Gasteiger partial charge in [-0.15, -0.1) is 5.10 Å². The van der Waals surface area contributed by atoms with Crippen molar-refractivity contribution in [3.63, 3.8) is 0 Å². The molecular weight excluding hydrogens is 356 g/mol.